The van der Waals surface area contributed by atoms with Gasteiger partial charge in [0.05, 0.1) is 16.9 Å². The molecule has 0 aliphatic heterocycles. The molecule has 0 saturated heterocycles. The fraction of sp³-hybridized carbons (Fsp3) is 0.375. The zero-order valence-corrected chi connectivity index (χ0v) is 9.58. The zero-order chi connectivity index (χ0) is 9.97. The summed E-state index contributed by atoms with van der Waals surface area (Å²) in [6.45, 7) is 4.07. The SMILES string of the molecule is Cc1nc(C)c(CSc2cn[nH]n2)s1. The van der Waals surface area contributed by atoms with Gasteiger partial charge in [0.1, 0.15) is 5.03 Å². The fourth-order valence-corrected chi connectivity index (χ4v) is 2.97. The lowest BCUT2D eigenvalue weighted by Gasteiger charge is -1.94. The summed E-state index contributed by atoms with van der Waals surface area (Å²) in [5, 5.41) is 12.4. The van der Waals surface area contributed by atoms with Gasteiger partial charge in [0.25, 0.3) is 0 Å². The molecule has 0 fully saturated rings. The molecular formula is C8H10N4S2. The van der Waals surface area contributed by atoms with Crippen LogP contribution in [0.5, 0.6) is 0 Å². The van der Waals surface area contributed by atoms with E-state index in [-0.39, 0.29) is 0 Å². The highest BCUT2D eigenvalue weighted by atomic mass is 32.2. The Kier molecular flexibility index (Phi) is 2.83. The largest absolute Gasteiger partial charge is 0.247 e. The Bertz CT molecular complexity index is 407. The monoisotopic (exact) mass is 226 g/mol. The van der Waals surface area contributed by atoms with Crippen molar-refractivity contribution in [2.75, 3.05) is 0 Å². The molecule has 2 aromatic heterocycles. The number of H-pyrrole nitrogens is 1. The molecule has 2 aromatic rings. The summed E-state index contributed by atoms with van der Waals surface area (Å²) in [5.74, 6) is 0.921. The Balaban J connectivity index is 2.01. The first-order valence-electron chi connectivity index (χ1n) is 4.17. The summed E-state index contributed by atoms with van der Waals surface area (Å²) >= 11 is 3.42. The van der Waals surface area contributed by atoms with Gasteiger partial charge in [-0.3, -0.25) is 0 Å². The molecule has 4 nitrogen and oxygen atoms in total. The molecule has 0 atom stereocenters. The van der Waals surface area contributed by atoms with Gasteiger partial charge in [0.2, 0.25) is 0 Å². The van der Waals surface area contributed by atoms with E-state index >= 15 is 0 Å². The smallest absolute Gasteiger partial charge is 0.139 e. The Labute approximate surface area is 90.2 Å². The van der Waals surface area contributed by atoms with Crippen molar-refractivity contribution in [3.05, 3.63) is 21.8 Å². The molecule has 0 aromatic carbocycles. The number of thiazole rings is 1. The molecule has 6 heteroatoms. The molecule has 0 spiro atoms. The number of hydrogen-bond acceptors (Lipinski definition) is 5. The van der Waals surface area contributed by atoms with Crippen LogP contribution in [0.25, 0.3) is 0 Å². The standard InChI is InChI=1S/C8H10N4S2/c1-5-7(14-6(2)10-5)4-13-8-3-9-12-11-8/h3H,4H2,1-2H3,(H,9,11,12). The van der Waals surface area contributed by atoms with Crippen LogP contribution in [0.15, 0.2) is 11.2 Å². The minimum absolute atomic E-state index is 0.921. The van der Waals surface area contributed by atoms with E-state index < -0.39 is 0 Å². The molecule has 0 bridgehead atoms. The summed E-state index contributed by atoms with van der Waals surface area (Å²) in [7, 11) is 0. The lowest BCUT2D eigenvalue weighted by Crippen LogP contribution is -1.80. The summed E-state index contributed by atoms with van der Waals surface area (Å²) in [5.41, 5.74) is 1.13. The van der Waals surface area contributed by atoms with Crippen molar-refractivity contribution in [3.63, 3.8) is 0 Å². The van der Waals surface area contributed by atoms with Crippen LogP contribution in [0.3, 0.4) is 0 Å². The quantitative estimate of drug-likeness (QED) is 0.815. The highest BCUT2D eigenvalue weighted by Gasteiger charge is 2.06. The molecule has 2 heterocycles. The van der Waals surface area contributed by atoms with Crippen molar-refractivity contribution < 1.29 is 0 Å². The molecule has 74 valence electrons. The molecule has 0 saturated carbocycles. The second-order valence-electron chi connectivity index (χ2n) is 2.84. The van der Waals surface area contributed by atoms with Crippen LogP contribution in [0.1, 0.15) is 15.6 Å². The van der Waals surface area contributed by atoms with Gasteiger partial charge < -0.3 is 0 Å². The predicted octanol–water partition coefficient (Wildman–Crippen LogP) is 2.17. The average Bonchev–Trinajstić information content (AvgIpc) is 2.72. The van der Waals surface area contributed by atoms with E-state index in [2.05, 4.69) is 20.4 Å². The van der Waals surface area contributed by atoms with Gasteiger partial charge in [-0.1, -0.05) is 11.8 Å². The van der Waals surface area contributed by atoms with Gasteiger partial charge in [-0.05, 0) is 13.8 Å². The van der Waals surface area contributed by atoms with Crippen molar-refractivity contribution >= 4 is 23.1 Å². The maximum atomic E-state index is 4.37. The topological polar surface area (TPSA) is 54.5 Å². The number of rotatable bonds is 3. The Morgan fingerprint density at radius 1 is 1.50 bits per heavy atom. The van der Waals surface area contributed by atoms with Crippen molar-refractivity contribution in [1.82, 2.24) is 20.4 Å². The molecule has 1 N–H and O–H groups in total. The molecule has 14 heavy (non-hydrogen) atoms. The molecule has 0 radical (unpaired) electrons. The van der Waals surface area contributed by atoms with Crippen LogP contribution in [0, 0.1) is 13.8 Å². The summed E-state index contributed by atoms with van der Waals surface area (Å²) in [6.07, 6.45) is 1.73. The fourth-order valence-electron chi connectivity index (χ4n) is 1.11. The zero-order valence-electron chi connectivity index (χ0n) is 7.94. The first-order valence-corrected chi connectivity index (χ1v) is 5.97. The van der Waals surface area contributed by atoms with E-state index in [1.54, 1.807) is 29.3 Å². The number of thioether (sulfide) groups is 1. The second-order valence-corrected chi connectivity index (χ2v) is 5.12. The number of aryl methyl sites for hydroxylation is 2. The van der Waals surface area contributed by atoms with Crippen LogP contribution in [0.2, 0.25) is 0 Å². The van der Waals surface area contributed by atoms with Gasteiger partial charge in [-0.15, -0.1) is 16.4 Å². The van der Waals surface area contributed by atoms with Crippen molar-refractivity contribution in [1.29, 1.82) is 0 Å². The van der Waals surface area contributed by atoms with Crippen LogP contribution in [-0.4, -0.2) is 20.4 Å². The molecule has 0 aliphatic carbocycles. The number of hydrogen-bond donors (Lipinski definition) is 1. The number of aromatic amines is 1. The van der Waals surface area contributed by atoms with Gasteiger partial charge in [-0.25, -0.2) is 4.98 Å². The number of nitrogens with one attached hydrogen (secondary N) is 1. The van der Waals surface area contributed by atoms with Crippen molar-refractivity contribution in [2.45, 2.75) is 24.6 Å². The molecule has 0 aliphatic rings. The summed E-state index contributed by atoms with van der Waals surface area (Å²) in [6, 6.07) is 0. The Hall–Kier alpha value is -0.880. The van der Waals surface area contributed by atoms with Crippen LogP contribution in [-0.2, 0) is 5.75 Å². The highest BCUT2D eigenvalue weighted by Crippen LogP contribution is 2.25. The van der Waals surface area contributed by atoms with Crippen LogP contribution >= 0.6 is 23.1 Å². The lowest BCUT2D eigenvalue weighted by atomic mass is 10.4. The van der Waals surface area contributed by atoms with E-state index in [0.717, 1.165) is 21.5 Å². The number of aromatic nitrogens is 4. The van der Waals surface area contributed by atoms with Gasteiger partial charge in [0, 0.05) is 10.6 Å². The van der Waals surface area contributed by atoms with Crippen LogP contribution in [0.4, 0.5) is 0 Å². The van der Waals surface area contributed by atoms with Gasteiger partial charge in [0.15, 0.2) is 0 Å². The molecule has 2 rings (SSSR count). The van der Waals surface area contributed by atoms with E-state index in [1.807, 2.05) is 13.8 Å². The first-order chi connectivity index (χ1) is 6.75. The minimum atomic E-state index is 0.921. The normalized spacial score (nSPS) is 10.7. The van der Waals surface area contributed by atoms with E-state index in [1.165, 1.54) is 4.88 Å². The second kappa shape index (κ2) is 4.10. The predicted molar refractivity (Wildman–Crippen MR) is 57.5 cm³/mol. The minimum Gasteiger partial charge on any atom is -0.247 e. The highest BCUT2D eigenvalue weighted by molar-refractivity contribution is 7.98. The van der Waals surface area contributed by atoms with E-state index in [9.17, 15) is 0 Å². The summed E-state index contributed by atoms with van der Waals surface area (Å²) < 4.78 is 0. The maximum absolute atomic E-state index is 4.37. The van der Waals surface area contributed by atoms with E-state index in [4.69, 9.17) is 0 Å². The van der Waals surface area contributed by atoms with Crippen LogP contribution < -0.4 is 0 Å². The molecular weight excluding hydrogens is 216 g/mol. The Morgan fingerprint density at radius 2 is 2.36 bits per heavy atom. The third-order valence-electron chi connectivity index (χ3n) is 1.74. The average molecular weight is 226 g/mol. The lowest BCUT2D eigenvalue weighted by molar-refractivity contribution is 0.911. The van der Waals surface area contributed by atoms with E-state index in [0.29, 0.717) is 0 Å². The van der Waals surface area contributed by atoms with Gasteiger partial charge >= 0.3 is 0 Å². The van der Waals surface area contributed by atoms with Crippen molar-refractivity contribution in [2.24, 2.45) is 0 Å². The number of nitrogens with zero attached hydrogens (tertiary/aromatic N) is 3. The van der Waals surface area contributed by atoms with Gasteiger partial charge in [-0.2, -0.15) is 10.3 Å². The van der Waals surface area contributed by atoms with Crippen molar-refractivity contribution in [3.8, 4) is 0 Å². The molecule has 0 amide bonds. The first kappa shape index (κ1) is 9.67. The molecule has 0 unspecified atom stereocenters. The third kappa shape index (κ3) is 2.13. The summed E-state index contributed by atoms with van der Waals surface area (Å²) in [4.78, 5) is 5.69. The third-order valence-corrected chi connectivity index (χ3v) is 3.92. The maximum Gasteiger partial charge on any atom is 0.139 e. The Morgan fingerprint density at radius 3 is 2.93 bits per heavy atom.